The fraction of sp³-hybridized carbons (Fsp3) is 0.278. The lowest BCUT2D eigenvalue weighted by Crippen LogP contribution is -2.35. The van der Waals surface area contributed by atoms with E-state index in [0.717, 1.165) is 11.1 Å². The number of carbonyl (C=O) groups excluding carboxylic acids is 1. The minimum absolute atomic E-state index is 0.188. The molecule has 2 aromatic carbocycles. The minimum atomic E-state index is -3.67. The molecule has 0 aliphatic heterocycles. The van der Waals surface area contributed by atoms with E-state index in [1.165, 1.54) is 12.1 Å². The van der Waals surface area contributed by atoms with Crippen molar-refractivity contribution in [1.82, 2.24) is 5.43 Å². The molecule has 0 heterocycles. The highest BCUT2D eigenvalue weighted by atomic mass is 32.2. The Bertz CT molecular complexity index is 833. The molecular formula is C18H23FN2O5S. The summed E-state index contributed by atoms with van der Waals surface area (Å²) in [6, 6.07) is 13.8. The topological polar surface area (TPSA) is 119 Å². The first-order chi connectivity index (χ1) is 12.6. The quantitative estimate of drug-likeness (QED) is 0.297. The van der Waals surface area contributed by atoms with E-state index >= 15 is 0 Å². The molecule has 0 aliphatic carbocycles. The molecule has 0 saturated heterocycles. The fourth-order valence-electron chi connectivity index (χ4n) is 2.10. The SMILES string of the molecule is CC(Cc1ccc(OCc2cccc(F)c2)cc1)C(=O)NN.CS(=O)(=O)O. The average Bonchev–Trinajstić information content (AvgIpc) is 2.59. The number of ether oxygens (including phenoxy) is 1. The van der Waals surface area contributed by atoms with E-state index in [2.05, 4.69) is 5.43 Å². The number of hydrogen-bond donors (Lipinski definition) is 3. The molecule has 1 amide bonds. The maximum absolute atomic E-state index is 13.1. The van der Waals surface area contributed by atoms with Crippen LogP contribution >= 0.6 is 0 Å². The van der Waals surface area contributed by atoms with Crippen molar-refractivity contribution < 1.29 is 26.9 Å². The van der Waals surface area contributed by atoms with Crippen molar-refractivity contribution in [2.75, 3.05) is 6.26 Å². The van der Waals surface area contributed by atoms with Crippen molar-refractivity contribution in [3.05, 3.63) is 65.5 Å². The second-order valence-electron chi connectivity index (χ2n) is 5.91. The molecule has 1 unspecified atom stereocenters. The standard InChI is InChI=1S/C17H19FN2O2.CH4O3S/c1-12(17(21)20-19)9-13-5-7-16(8-6-13)22-11-14-3-2-4-15(18)10-14;1-5(2,3)4/h2-8,10,12H,9,11,19H2,1H3,(H,20,21);1H3,(H,2,3,4). The van der Waals surface area contributed by atoms with Gasteiger partial charge in [0, 0.05) is 5.92 Å². The molecule has 0 radical (unpaired) electrons. The molecule has 0 bridgehead atoms. The van der Waals surface area contributed by atoms with E-state index in [1.54, 1.807) is 6.07 Å². The summed E-state index contributed by atoms with van der Waals surface area (Å²) in [5.74, 6) is 5.15. The highest BCUT2D eigenvalue weighted by Crippen LogP contribution is 2.17. The van der Waals surface area contributed by atoms with Crippen LogP contribution in [0.5, 0.6) is 5.75 Å². The molecule has 0 aromatic heterocycles. The molecule has 1 atom stereocenters. The molecular weight excluding hydrogens is 375 g/mol. The van der Waals surface area contributed by atoms with E-state index in [0.29, 0.717) is 25.0 Å². The lowest BCUT2D eigenvalue weighted by atomic mass is 10.0. The predicted molar refractivity (Wildman–Crippen MR) is 99.8 cm³/mol. The van der Waals surface area contributed by atoms with E-state index in [1.807, 2.05) is 37.3 Å². The zero-order chi connectivity index (χ0) is 20.4. The normalized spacial score (nSPS) is 11.7. The molecule has 0 fully saturated rings. The van der Waals surface area contributed by atoms with E-state index in [9.17, 15) is 17.6 Å². The highest BCUT2D eigenvalue weighted by Gasteiger charge is 2.11. The van der Waals surface area contributed by atoms with Crippen molar-refractivity contribution >= 4 is 16.0 Å². The summed E-state index contributed by atoms with van der Waals surface area (Å²) in [7, 11) is -3.67. The summed E-state index contributed by atoms with van der Waals surface area (Å²) in [6.07, 6.45) is 1.32. The number of halogens is 1. The zero-order valence-electron chi connectivity index (χ0n) is 15.1. The maximum atomic E-state index is 13.1. The molecule has 7 nitrogen and oxygen atoms in total. The van der Waals surface area contributed by atoms with Crippen LogP contribution in [0.3, 0.4) is 0 Å². The van der Waals surface area contributed by atoms with Gasteiger partial charge in [0.25, 0.3) is 10.1 Å². The third kappa shape index (κ3) is 10.3. The Labute approximate surface area is 158 Å². The van der Waals surface area contributed by atoms with Crippen LogP contribution < -0.4 is 16.0 Å². The Hall–Kier alpha value is -2.49. The average molecular weight is 398 g/mol. The first kappa shape index (κ1) is 22.6. The summed E-state index contributed by atoms with van der Waals surface area (Å²) in [5.41, 5.74) is 3.94. The van der Waals surface area contributed by atoms with Gasteiger partial charge in [0.05, 0.1) is 6.26 Å². The number of rotatable bonds is 6. The van der Waals surface area contributed by atoms with Gasteiger partial charge in [0.2, 0.25) is 5.91 Å². The van der Waals surface area contributed by atoms with Crippen LogP contribution in [0, 0.1) is 11.7 Å². The number of hydrazine groups is 1. The number of nitrogens with one attached hydrogen (secondary N) is 1. The molecule has 0 saturated carbocycles. The number of hydrogen-bond acceptors (Lipinski definition) is 5. The Morgan fingerprint density at radius 1 is 1.22 bits per heavy atom. The van der Waals surface area contributed by atoms with Crippen LogP contribution in [0.15, 0.2) is 48.5 Å². The van der Waals surface area contributed by atoms with Crippen molar-refractivity contribution in [3.63, 3.8) is 0 Å². The Kier molecular flexibility index (Phi) is 8.86. The Morgan fingerprint density at radius 3 is 2.33 bits per heavy atom. The largest absolute Gasteiger partial charge is 0.489 e. The lowest BCUT2D eigenvalue weighted by Gasteiger charge is -2.11. The number of amides is 1. The van der Waals surface area contributed by atoms with Gasteiger partial charge in [-0.25, -0.2) is 10.2 Å². The van der Waals surface area contributed by atoms with Crippen molar-refractivity contribution in [3.8, 4) is 5.75 Å². The van der Waals surface area contributed by atoms with Crippen molar-refractivity contribution in [2.24, 2.45) is 11.8 Å². The van der Waals surface area contributed by atoms with Gasteiger partial charge in [-0.05, 0) is 41.8 Å². The van der Waals surface area contributed by atoms with Crippen molar-refractivity contribution in [1.29, 1.82) is 0 Å². The van der Waals surface area contributed by atoms with Gasteiger partial charge in [0.1, 0.15) is 18.2 Å². The molecule has 2 rings (SSSR count). The Morgan fingerprint density at radius 2 is 1.81 bits per heavy atom. The monoisotopic (exact) mass is 398 g/mol. The van der Waals surface area contributed by atoms with Gasteiger partial charge >= 0.3 is 0 Å². The molecule has 0 spiro atoms. The van der Waals surface area contributed by atoms with Crippen LogP contribution in [0.25, 0.3) is 0 Å². The summed E-state index contributed by atoms with van der Waals surface area (Å²) in [4.78, 5) is 11.4. The number of carbonyl (C=O) groups is 1. The maximum Gasteiger partial charge on any atom is 0.261 e. The summed E-state index contributed by atoms with van der Waals surface area (Å²) >= 11 is 0. The molecule has 27 heavy (non-hydrogen) atoms. The van der Waals surface area contributed by atoms with E-state index < -0.39 is 10.1 Å². The number of benzene rings is 2. The molecule has 0 aliphatic rings. The smallest absolute Gasteiger partial charge is 0.261 e. The first-order valence-electron chi connectivity index (χ1n) is 7.97. The van der Waals surface area contributed by atoms with Crippen LogP contribution in [-0.4, -0.2) is 25.1 Å². The van der Waals surface area contributed by atoms with Gasteiger partial charge in [-0.3, -0.25) is 14.8 Å². The third-order valence-electron chi connectivity index (χ3n) is 3.35. The van der Waals surface area contributed by atoms with Gasteiger partial charge in [-0.15, -0.1) is 0 Å². The van der Waals surface area contributed by atoms with Gasteiger partial charge < -0.3 is 4.74 Å². The molecule has 148 valence electrons. The fourth-order valence-corrected chi connectivity index (χ4v) is 2.10. The van der Waals surface area contributed by atoms with Crippen LogP contribution in [-0.2, 0) is 27.9 Å². The lowest BCUT2D eigenvalue weighted by molar-refractivity contribution is -0.124. The van der Waals surface area contributed by atoms with E-state index in [4.69, 9.17) is 15.1 Å². The van der Waals surface area contributed by atoms with Gasteiger partial charge in [-0.1, -0.05) is 31.2 Å². The summed E-state index contributed by atoms with van der Waals surface area (Å²) in [5, 5.41) is 0. The van der Waals surface area contributed by atoms with Gasteiger partial charge in [-0.2, -0.15) is 8.42 Å². The van der Waals surface area contributed by atoms with Crippen LogP contribution in [0.4, 0.5) is 4.39 Å². The first-order valence-corrected chi connectivity index (χ1v) is 9.82. The third-order valence-corrected chi connectivity index (χ3v) is 3.35. The second-order valence-corrected chi connectivity index (χ2v) is 7.38. The van der Waals surface area contributed by atoms with E-state index in [-0.39, 0.29) is 17.6 Å². The summed E-state index contributed by atoms with van der Waals surface area (Å²) < 4.78 is 44.5. The second kappa shape index (κ2) is 10.6. The predicted octanol–water partition coefficient (Wildman–Crippen LogP) is 2.08. The molecule has 9 heteroatoms. The highest BCUT2D eigenvalue weighted by molar-refractivity contribution is 7.85. The van der Waals surface area contributed by atoms with Crippen LogP contribution in [0.2, 0.25) is 0 Å². The zero-order valence-corrected chi connectivity index (χ0v) is 15.9. The number of nitrogens with two attached hydrogens (primary N) is 1. The molecule has 4 N–H and O–H groups in total. The summed E-state index contributed by atoms with van der Waals surface area (Å²) in [6.45, 7) is 2.12. The van der Waals surface area contributed by atoms with Crippen LogP contribution in [0.1, 0.15) is 18.1 Å². The molecule has 2 aromatic rings. The van der Waals surface area contributed by atoms with Crippen molar-refractivity contribution in [2.45, 2.75) is 20.0 Å². The minimum Gasteiger partial charge on any atom is -0.489 e. The van der Waals surface area contributed by atoms with Gasteiger partial charge in [0.15, 0.2) is 0 Å². The Balaban J connectivity index is 0.000000646.